The monoisotopic (exact) mass is 301 g/mol. The number of hydrogen-bond acceptors (Lipinski definition) is 1. The molecule has 50 valence electrons. The molecule has 1 N–H and O–H groups in total. The first-order chi connectivity index (χ1) is 4.47. The summed E-state index contributed by atoms with van der Waals surface area (Å²) in [5.41, 5.74) is 0.970. The Bertz CT molecular complexity index is 286. The van der Waals surface area contributed by atoms with Crippen LogP contribution in [0.1, 0.15) is 0 Å². The molecule has 0 aliphatic rings. The molecule has 0 saturated heterocycles. The number of benzene rings is 1. The molecule has 2 aromatic rings. The Hall–Kier alpha value is -0.622. The molecular weight excluding hydrogens is 296 g/mol. The van der Waals surface area contributed by atoms with E-state index in [-0.39, 0.29) is 21.1 Å². The van der Waals surface area contributed by atoms with Crippen LogP contribution in [0.5, 0.6) is 0 Å². The minimum atomic E-state index is 0. The van der Waals surface area contributed by atoms with Gasteiger partial charge in [0.25, 0.3) is 0 Å². The Balaban J connectivity index is 0.000000500. The Labute approximate surface area is 72.9 Å². The molecule has 0 fully saturated rings. The van der Waals surface area contributed by atoms with Gasteiger partial charge in [-0.2, -0.15) is 29.4 Å². The fourth-order valence-electron chi connectivity index (χ4n) is 0.821. The third-order valence-electron chi connectivity index (χ3n) is 1.27. The summed E-state index contributed by atoms with van der Waals surface area (Å²) < 4.78 is 0. The largest absolute Gasteiger partial charge is 0.304 e. The second-order valence-electron chi connectivity index (χ2n) is 1.87. The third kappa shape index (κ3) is 1.12. The zero-order valence-corrected chi connectivity index (χ0v) is 8.10. The summed E-state index contributed by atoms with van der Waals surface area (Å²) >= 11 is 0. The number of hydrogen-bond donors (Lipinski definition) is 1. The molecule has 0 aliphatic carbocycles. The smallest absolute Gasteiger partial charge is 0.00109 e. The maximum atomic E-state index is 3.85. The van der Waals surface area contributed by atoms with Gasteiger partial charge >= 0.3 is 0 Å². The maximum Gasteiger partial charge on any atom is 0.00109 e. The second-order valence-corrected chi connectivity index (χ2v) is 1.87. The van der Waals surface area contributed by atoms with Crippen molar-refractivity contribution in [2.45, 2.75) is 0 Å². The van der Waals surface area contributed by atoms with Crippen molar-refractivity contribution in [2.75, 3.05) is 0 Å². The minimum Gasteiger partial charge on any atom is -0.304 e. The number of nitrogens with zero attached hydrogens (tertiary/aromatic N) is 1. The van der Waals surface area contributed by atoms with Gasteiger partial charge in [-0.15, -0.1) is 0 Å². The van der Waals surface area contributed by atoms with Gasteiger partial charge in [-0.3, -0.25) is 0 Å². The van der Waals surface area contributed by atoms with Crippen LogP contribution in [0.3, 0.4) is 0 Å². The van der Waals surface area contributed by atoms with E-state index in [1.54, 1.807) is 6.20 Å². The summed E-state index contributed by atoms with van der Waals surface area (Å²) in [6.45, 7) is 0. The molecule has 1 aromatic heterocycles. The van der Waals surface area contributed by atoms with Crippen LogP contribution in [0.4, 0.5) is 0 Å². The maximum absolute atomic E-state index is 3.85. The minimum absolute atomic E-state index is 0. The quantitative estimate of drug-likeness (QED) is 0.731. The van der Waals surface area contributed by atoms with Gasteiger partial charge < -0.3 is 5.10 Å². The molecular formula is C7H5N2W-. The van der Waals surface area contributed by atoms with Crippen LogP contribution in [-0.4, -0.2) is 10.2 Å². The Morgan fingerprint density at radius 2 is 2.40 bits per heavy atom. The van der Waals surface area contributed by atoms with E-state index in [4.69, 9.17) is 0 Å². The van der Waals surface area contributed by atoms with Gasteiger partial charge in [0, 0.05) is 27.3 Å². The molecule has 3 heteroatoms. The fraction of sp³-hybridized carbons (Fsp3) is 0. The summed E-state index contributed by atoms with van der Waals surface area (Å²) in [6, 6.07) is 8.81. The van der Waals surface area contributed by atoms with E-state index in [1.165, 1.54) is 0 Å². The number of nitrogens with one attached hydrogen (secondary N) is 1. The first-order valence-electron chi connectivity index (χ1n) is 2.76. The van der Waals surface area contributed by atoms with Crippen molar-refractivity contribution in [3.63, 3.8) is 0 Å². The number of fused-ring (bicyclic) bond motifs is 1. The van der Waals surface area contributed by atoms with E-state index in [0.29, 0.717) is 0 Å². The van der Waals surface area contributed by atoms with E-state index in [0.717, 1.165) is 10.9 Å². The molecule has 0 bridgehead atoms. The molecule has 0 saturated carbocycles. The average molecular weight is 301 g/mol. The number of rotatable bonds is 0. The summed E-state index contributed by atoms with van der Waals surface area (Å²) in [5.74, 6) is 0. The van der Waals surface area contributed by atoms with E-state index in [9.17, 15) is 0 Å². The summed E-state index contributed by atoms with van der Waals surface area (Å²) in [4.78, 5) is 0. The van der Waals surface area contributed by atoms with Crippen LogP contribution in [0.25, 0.3) is 10.9 Å². The van der Waals surface area contributed by atoms with Crippen LogP contribution in [-0.2, 0) is 21.1 Å². The number of aromatic nitrogens is 2. The zero-order chi connectivity index (χ0) is 6.10. The summed E-state index contributed by atoms with van der Waals surface area (Å²) in [7, 11) is 0. The van der Waals surface area contributed by atoms with Crippen LogP contribution in [0, 0.1) is 6.07 Å². The van der Waals surface area contributed by atoms with Gasteiger partial charge in [0.1, 0.15) is 0 Å². The van der Waals surface area contributed by atoms with E-state index in [1.807, 2.05) is 18.2 Å². The molecule has 2 rings (SSSR count). The van der Waals surface area contributed by atoms with Crippen molar-refractivity contribution in [2.24, 2.45) is 0 Å². The van der Waals surface area contributed by atoms with Gasteiger partial charge in [0.05, 0.1) is 0 Å². The normalized spacial score (nSPS) is 9.20. The van der Waals surface area contributed by atoms with Gasteiger partial charge in [-0.25, -0.2) is 0 Å². The van der Waals surface area contributed by atoms with Gasteiger partial charge in [-0.1, -0.05) is 5.39 Å². The molecule has 1 heterocycles. The zero-order valence-electron chi connectivity index (χ0n) is 5.16. The molecule has 0 aliphatic heterocycles. The molecule has 0 unspecified atom stereocenters. The SMILES string of the molecule is [W].[c-]1cccc2cn[nH]c12. The van der Waals surface area contributed by atoms with Crippen molar-refractivity contribution in [1.29, 1.82) is 0 Å². The molecule has 0 atom stereocenters. The Kier molecular flexibility index (Phi) is 2.23. The number of aromatic amines is 1. The number of para-hydroxylation sites is 1. The first-order valence-corrected chi connectivity index (χ1v) is 2.76. The van der Waals surface area contributed by atoms with Crippen molar-refractivity contribution < 1.29 is 21.1 Å². The average Bonchev–Trinajstić information content (AvgIpc) is 2.33. The number of H-pyrrole nitrogens is 1. The van der Waals surface area contributed by atoms with Gasteiger partial charge in [0.15, 0.2) is 0 Å². The molecule has 0 radical (unpaired) electrons. The van der Waals surface area contributed by atoms with E-state index in [2.05, 4.69) is 16.3 Å². The van der Waals surface area contributed by atoms with Crippen LogP contribution >= 0.6 is 0 Å². The van der Waals surface area contributed by atoms with Crippen LogP contribution in [0.2, 0.25) is 0 Å². The van der Waals surface area contributed by atoms with Crippen molar-refractivity contribution in [1.82, 2.24) is 10.2 Å². The Morgan fingerprint density at radius 1 is 1.50 bits per heavy atom. The van der Waals surface area contributed by atoms with Crippen LogP contribution in [0.15, 0.2) is 24.4 Å². The van der Waals surface area contributed by atoms with Gasteiger partial charge in [0.2, 0.25) is 0 Å². The van der Waals surface area contributed by atoms with Crippen LogP contribution < -0.4 is 0 Å². The fourth-order valence-corrected chi connectivity index (χ4v) is 0.821. The first kappa shape index (κ1) is 7.48. The predicted molar refractivity (Wildman–Crippen MR) is 34.9 cm³/mol. The molecule has 1 aromatic carbocycles. The molecule has 10 heavy (non-hydrogen) atoms. The predicted octanol–water partition coefficient (Wildman–Crippen LogP) is 1.36. The third-order valence-corrected chi connectivity index (χ3v) is 1.27. The van der Waals surface area contributed by atoms with Crippen molar-refractivity contribution >= 4 is 10.9 Å². The van der Waals surface area contributed by atoms with Crippen molar-refractivity contribution in [3.05, 3.63) is 30.5 Å². The van der Waals surface area contributed by atoms with Crippen molar-refractivity contribution in [3.8, 4) is 0 Å². The second kappa shape index (κ2) is 2.98. The standard InChI is InChI=1S/C7H5N2.W/c1-2-4-7-6(3-1)5-8-9-7;/h1-3,5H,(H,8,9);/q-1;. The molecule has 0 spiro atoms. The molecule has 0 amide bonds. The van der Waals surface area contributed by atoms with Gasteiger partial charge in [-0.05, 0) is 5.52 Å². The molecule has 2 nitrogen and oxygen atoms in total. The van der Waals surface area contributed by atoms with E-state index >= 15 is 0 Å². The Morgan fingerprint density at radius 3 is 3.20 bits per heavy atom. The topological polar surface area (TPSA) is 28.7 Å². The van der Waals surface area contributed by atoms with E-state index < -0.39 is 0 Å². The summed E-state index contributed by atoms with van der Waals surface area (Å²) in [5, 5.41) is 7.77. The summed E-state index contributed by atoms with van der Waals surface area (Å²) in [6.07, 6.45) is 1.78.